The van der Waals surface area contributed by atoms with Crippen LogP contribution in [0.5, 0.6) is 5.88 Å². The lowest BCUT2D eigenvalue weighted by Crippen LogP contribution is -2.45. The topological polar surface area (TPSA) is 77.5 Å². The van der Waals surface area contributed by atoms with Crippen LogP contribution >= 0.6 is 0 Å². The number of hydrogen-bond donors (Lipinski definition) is 1. The summed E-state index contributed by atoms with van der Waals surface area (Å²) in [5, 5.41) is 2.87. The maximum Gasteiger partial charge on any atom is 0.328 e. The Morgan fingerprint density at radius 2 is 1.50 bits per heavy atom. The SMILES string of the molecule is COC(=O)[C@H](Cc1ccc(OC)nc1)NC(=O)C(c1ccccc1)c1ccccc1. The zero-order valence-corrected chi connectivity index (χ0v) is 16.9. The van der Waals surface area contributed by atoms with Crippen molar-refractivity contribution in [1.82, 2.24) is 10.3 Å². The standard InChI is InChI=1S/C24H24N2O4/c1-29-21-14-13-17(16-25-21)15-20(24(28)30-2)26-23(27)22(18-9-5-3-6-10-18)19-11-7-4-8-12-19/h3-14,16,20,22H,15H2,1-2H3,(H,26,27)/t20-/m0/s1. The number of benzene rings is 2. The summed E-state index contributed by atoms with van der Waals surface area (Å²) in [5.74, 6) is -0.859. The number of methoxy groups -OCH3 is 2. The van der Waals surface area contributed by atoms with Gasteiger partial charge in [0.05, 0.1) is 20.1 Å². The lowest BCUT2D eigenvalue weighted by Gasteiger charge is -2.22. The van der Waals surface area contributed by atoms with Gasteiger partial charge in [0.15, 0.2) is 0 Å². The first-order chi connectivity index (χ1) is 14.6. The molecule has 30 heavy (non-hydrogen) atoms. The normalized spacial score (nSPS) is 11.6. The van der Waals surface area contributed by atoms with E-state index in [1.54, 1.807) is 18.3 Å². The molecule has 0 bridgehead atoms. The molecule has 1 N–H and O–H groups in total. The van der Waals surface area contributed by atoms with Gasteiger partial charge in [-0.2, -0.15) is 0 Å². The van der Waals surface area contributed by atoms with Gasteiger partial charge in [-0.25, -0.2) is 9.78 Å². The van der Waals surface area contributed by atoms with Crippen molar-refractivity contribution >= 4 is 11.9 Å². The Kier molecular flexibility index (Phi) is 7.16. The van der Waals surface area contributed by atoms with Gasteiger partial charge in [-0.15, -0.1) is 0 Å². The van der Waals surface area contributed by atoms with Crippen LogP contribution in [-0.4, -0.2) is 37.1 Å². The van der Waals surface area contributed by atoms with E-state index in [0.717, 1.165) is 16.7 Å². The fraction of sp³-hybridized carbons (Fsp3) is 0.208. The van der Waals surface area contributed by atoms with E-state index in [1.165, 1.54) is 14.2 Å². The van der Waals surface area contributed by atoms with E-state index in [4.69, 9.17) is 9.47 Å². The lowest BCUT2D eigenvalue weighted by atomic mass is 9.90. The Balaban J connectivity index is 1.85. The number of rotatable bonds is 8. The lowest BCUT2D eigenvalue weighted by molar-refractivity contribution is -0.145. The van der Waals surface area contributed by atoms with Gasteiger partial charge in [0.25, 0.3) is 0 Å². The Morgan fingerprint density at radius 3 is 1.97 bits per heavy atom. The molecular weight excluding hydrogens is 380 g/mol. The van der Waals surface area contributed by atoms with Crippen LogP contribution in [0.1, 0.15) is 22.6 Å². The van der Waals surface area contributed by atoms with E-state index >= 15 is 0 Å². The number of pyridine rings is 1. The molecule has 2 aromatic carbocycles. The molecule has 0 saturated heterocycles. The van der Waals surface area contributed by atoms with Crippen molar-refractivity contribution in [3.63, 3.8) is 0 Å². The second-order valence-electron chi connectivity index (χ2n) is 6.75. The number of carbonyl (C=O) groups excluding carboxylic acids is 2. The molecule has 0 aliphatic carbocycles. The minimum atomic E-state index is -0.840. The Morgan fingerprint density at radius 1 is 0.900 bits per heavy atom. The van der Waals surface area contributed by atoms with Crippen LogP contribution in [0.25, 0.3) is 0 Å². The Labute approximate surface area is 175 Å². The molecule has 3 rings (SSSR count). The maximum absolute atomic E-state index is 13.3. The fourth-order valence-corrected chi connectivity index (χ4v) is 3.26. The average molecular weight is 404 g/mol. The third-order valence-corrected chi connectivity index (χ3v) is 4.78. The molecule has 0 fully saturated rings. The highest BCUT2D eigenvalue weighted by Crippen LogP contribution is 2.25. The van der Waals surface area contributed by atoms with E-state index in [2.05, 4.69) is 10.3 Å². The van der Waals surface area contributed by atoms with E-state index in [9.17, 15) is 9.59 Å². The number of amides is 1. The summed E-state index contributed by atoms with van der Waals surface area (Å²) in [6, 6.07) is 21.6. The largest absolute Gasteiger partial charge is 0.481 e. The van der Waals surface area contributed by atoms with E-state index in [0.29, 0.717) is 5.88 Å². The van der Waals surface area contributed by atoms with Gasteiger partial charge in [-0.1, -0.05) is 66.7 Å². The number of hydrogen-bond acceptors (Lipinski definition) is 5. The molecule has 6 heteroatoms. The molecule has 0 saturated carbocycles. The van der Waals surface area contributed by atoms with Crippen molar-refractivity contribution in [1.29, 1.82) is 0 Å². The summed E-state index contributed by atoms with van der Waals surface area (Å²) < 4.78 is 9.99. The summed E-state index contributed by atoms with van der Waals surface area (Å²) in [7, 11) is 2.84. The number of aromatic nitrogens is 1. The Bertz CT molecular complexity index is 920. The van der Waals surface area contributed by atoms with E-state index in [1.807, 2.05) is 60.7 Å². The second kappa shape index (κ2) is 10.2. The minimum absolute atomic E-state index is 0.256. The quantitative estimate of drug-likeness (QED) is 0.584. The van der Waals surface area contributed by atoms with Crippen LogP contribution in [0, 0.1) is 0 Å². The van der Waals surface area contributed by atoms with Gasteiger partial charge in [0.1, 0.15) is 6.04 Å². The highest BCUT2D eigenvalue weighted by Gasteiger charge is 2.28. The van der Waals surface area contributed by atoms with Crippen LogP contribution in [0.15, 0.2) is 79.0 Å². The van der Waals surface area contributed by atoms with Crippen molar-refractivity contribution in [3.8, 4) is 5.88 Å². The maximum atomic E-state index is 13.3. The number of carbonyl (C=O) groups is 2. The molecule has 1 heterocycles. The highest BCUT2D eigenvalue weighted by molar-refractivity contribution is 5.91. The molecule has 0 radical (unpaired) electrons. The van der Waals surface area contributed by atoms with Gasteiger partial charge in [0.2, 0.25) is 11.8 Å². The summed E-state index contributed by atoms with van der Waals surface area (Å²) in [6.45, 7) is 0. The first-order valence-electron chi connectivity index (χ1n) is 9.59. The predicted molar refractivity (Wildman–Crippen MR) is 113 cm³/mol. The van der Waals surface area contributed by atoms with Crippen LogP contribution in [0.3, 0.4) is 0 Å². The summed E-state index contributed by atoms with van der Waals surface area (Å²) in [4.78, 5) is 29.9. The van der Waals surface area contributed by atoms with Crippen LogP contribution < -0.4 is 10.1 Å². The molecule has 6 nitrogen and oxygen atoms in total. The minimum Gasteiger partial charge on any atom is -0.481 e. The van der Waals surface area contributed by atoms with Crippen molar-refractivity contribution in [2.24, 2.45) is 0 Å². The van der Waals surface area contributed by atoms with E-state index < -0.39 is 17.9 Å². The second-order valence-corrected chi connectivity index (χ2v) is 6.75. The van der Waals surface area contributed by atoms with Crippen LogP contribution in [0.2, 0.25) is 0 Å². The predicted octanol–water partition coefficient (Wildman–Crippen LogP) is 3.12. The summed E-state index contributed by atoms with van der Waals surface area (Å²) in [6.07, 6.45) is 1.87. The van der Waals surface area contributed by atoms with Crippen molar-refractivity contribution < 1.29 is 19.1 Å². The van der Waals surface area contributed by atoms with Crippen LogP contribution in [-0.2, 0) is 20.7 Å². The molecule has 154 valence electrons. The van der Waals surface area contributed by atoms with Crippen LogP contribution in [0.4, 0.5) is 0 Å². The molecule has 0 unspecified atom stereocenters. The fourth-order valence-electron chi connectivity index (χ4n) is 3.26. The zero-order chi connectivity index (χ0) is 21.3. The number of ether oxygens (including phenoxy) is 2. The first-order valence-corrected chi connectivity index (χ1v) is 9.59. The van der Waals surface area contributed by atoms with Gasteiger partial charge in [-0.05, 0) is 16.7 Å². The number of esters is 1. The molecule has 1 aromatic heterocycles. The summed E-state index contributed by atoms with van der Waals surface area (Å²) in [5.41, 5.74) is 2.47. The average Bonchev–Trinajstić information content (AvgIpc) is 2.80. The third kappa shape index (κ3) is 5.23. The highest BCUT2D eigenvalue weighted by atomic mass is 16.5. The van der Waals surface area contributed by atoms with Gasteiger partial charge < -0.3 is 14.8 Å². The first kappa shape index (κ1) is 21.0. The smallest absolute Gasteiger partial charge is 0.328 e. The Hall–Kier alpha value is -3.67. The molecular formula is C24H24N2O4. The molecule has 0 aliphatic heterocycles. The molecule has 0 spiro atoms. The summed E-state index contributed by atoms with van der Waals surface area (Å²) >= 11 is 0. The molecule has 0 aliphatic rings. The zero-order valence-electron chi connectivity index (χ0n) is 16.9. The number of nitrogens with one attached hydrogen (secondary N) is 1. The molecule has 1 atom stereocenters. The van der Waals surface area contributed by atoms with Gasteiger partial charge in [0, 0.05) is 18.7 Å². The van der Waals surface area contributed by atoms with Gasteiger partial charge in [-0.3, -0.25) is 4.79 Å². The molecule has 1 amide bonds. The van der Waals surface area contributed by atoms with E-state index in [-0.39, 0.29) is 12.3 Å². The van der Waals surface area contributed by atoms with Gasteiger partial charge >= 0.3 is 5.97 Å². The van der Waals surface area contributed by atoms with Crippen molar-refractivity contribution in [3.05, 3.63) is 95.7 Å². The van der Waals surface area contributed by atoms with Crippen molar-refractivity contribution in [2.75, 3.05) is 14.2 Å². The molecule has 3 aromatic rings. The number of nitrogens with zero attached hydrogens (tertiary/aromatic N) is 1. The monoisotopic (exact) mass is 404 g/mol. The third-order valence-electron chi connectivity index (χ3n) is 4.78. The van der Waals surface area contributed by atoms with Crippen molar-refractivity contribution in [2.45, 2.75) is 18.4 Å².